The Morgan fingerprint density at radius 1 is 1.24 bits per heavy atom. The van der Waals surface area contributed by atoms with E-state index in [1.54, 1.807) is 0 Å². The standard InChI is InChI=1S/C13H15F3N2O2S/c14-13(15,16)10-2-1-3-11(6-10)21(19,20)18-5-4-9-7-17-8-12(9)18/h1-3,6,9,12,17H,4-5,7-8H2/t9-,12+/m0/s1. The molecule has 2 aliphatic rings. The van der Waals surface area contributed by atoms with Crippen molar-refractivity contribution in [3.63, 3.8) is 0 Å². The summed E-state index contributed by atoms with van der Waals surface area (Å²) >= 11 is 0. The van der Waals surface area contributed by atoms with Crippen LogP contribution in [0.25, 0.3) is 0 Å². The molecular weight excluding hydrogens is 305 g/mol. The number of fused-ring (bicyclic) bond motifs is 1. The minimum atomic E-state index is -4.55. The molecule has 0 radical (unpaired) electrons. The third kappa shape index (κ3) is 2.56. The Morgan fingerprint density at radius 2 is 2.00 bits per heavy atom. The Kier molecular flexibility index (Phi) is 3.50. The van der Waals surface area contributed by atoms with Crippen molar-refractivity contribution in [1.82, 2.24) is 9.62 Å². The number of halogens is 3. The molecule has 0 spiro atoms. The predicted octanol–water partition coefficient (Wildman–Crippen LogP) is 1.69. The maximum Gasteiger partial charge on any atom is 0.416 e. The molecular formula is C13H15F3N2O2S. The van der Waals surface area contributed by atoms with E-state index in [2.05, 4.69) is 5.32 Å². The van der Waals surface area contributed by atoms with Gasteiger partial charge in [-0.25, -0.2) is 8.42 Å². The summed E-state index contributed by atoms with van der Waals surface area (Å²) in [6, 6.07) is 3.80. The van der Waals surface area contributed by atoms with Gasteiger partial charge in [0.2, 0.25) is 10.0 Å². The second-order valence-corrected chi connectivity index (χ2v) is 7.31. The van der Waals surface area contributed by atoms with Crippen LogP contribution in [0.2, 0.25) is 0 Å². The summed E-state index contributed by atoms with van der Waals surface area (Å²) in [5.74, 6) is 0.255. The van der Waals surface area contributed by atoms with Crippen LogP contribution in [0.5, 0.6) is 0 Å². The normalized spacial score (nSPS) is 27.0. The van der Waals surface area contributed by atoms with Crippen LogP contribution in [0.3, 0.4) is 0 Å². The van der Waals surface area contributed by atoms with Gasteiger partial charge in [0, 0.05) is 19.1 Å². The second-order valence-electron chi connectivity index (χ2n) is 5.42. The second kappa shape index (κ2) is 4.96. The van der Waals surface area contributed by atoms with Gasteiger partial charge in [-0.2, -0.15) is 17.5 Å². The Labute approximate surface area is 121 Å². The maximum atomic E-state index is 12.7. The van der Waals surface area contributed by atoms with Crippen molar-refractivity contribution in [2.45, 2.75) is 23.5 Å². The fourth-order valence-corrected chi connectivity index (χ4v) is 4.82. The molecule has 1 aromatic rings. The van der Waals surface area contributed by atoms with Crippen LogP contribution in [0.1, 0.15) is 12.0 Å². The number of benzene rings is 1. The van der Waals surface area contributed by atoms with Gasteiger partial charge in [-0.3, -0.25) is 0 Å². The third-order valence-electron chi connectivity index (χ3n) is 4.16. The number of alkyl halides is 3. The molecule has 0 saturated carbocycles. The van der Waals surface area contributed by atoms with Crippen molar-refractivity contribution >= 4 is 10.0 Å². The van der Waals surface area contributed by atoms with Crippen LogP contribution in [0.15, 0.2) is 29.2 Å². The molecule has 0 amide bonds. The fraction of sp³-hybridized carbons (Fsp3) is 0.538. The molecule has 0 bridgehead atoms. The summed E-state index contributed by atoms with van der Waals surface area (Å²) in [7, 11) is -3.88. The Bertz CT molecular complexity index is 645. The molecule has 1 aromatic carbocycles. The van der Waals surface area contributed by atoms with E-state index in [0.717, 1.165) is 25.1 Å². The SMILES string of the molecule is O=S(=O)(c1cccc(C(F)(F)F)c1)N1CC[C@H]2CNC[C@H]21. The number of sulfonamides is 1. The smallest absolute Gasteiger partial charge is 0.315 e. The maximum absolute atomic E-state index is 12.7. The van der Waals surface area contributed by atoms with Gasteiger partial charge in [0.25, 0.3) is 0 Å². The summed E-state index contributed by atoms with van der Waals surface area (Å²) in [6.07, 6.45) is -3.80. The van der Waals surface area contributed by atoms with Gasteiger partial charge in [0.05, 0.1) is 10.5 Å². The van der Waals surface area contributed by atoms with Crippen molar-refractivity contribution in [2.24, 2.45) is 5.92 Å². The van der Waals surface area contributed by atoms with Crippen LogP contribution in [0, 0.1) is 5.92 Å². The van der Waals surface area contributed by atoms with Crippen LogP contribution < -0.4 is 5.32 Å². The highest BCUT2D eigenvalue weighted by Gasteiger charge is 2.44. The first kappa shape index (κ1) is 14.8. The van der Waals surface area contributed by atoms with E-state index in [1.807, 2.05) is 0 Å². The van der Waals surface area contributed by atoms with Crippen LogP contribution in [-0.2, 0) is 16.2 Å². The minimum Gasteiger partial charge on any atom is -0.315 e. The van der Waals surface area contributed by atoms with E-state index in [9.17, 15) is 21.6 Å². The van der Waals surface area contributed by atoms with E-state index in [1.165, 1.54) is 10.4 Å². The molecule has 0 aliphatic carbocycles. The molecule has 2 saturated heterocycles. The molecule has 1 N–H and O–H groups in total. The molecule has 8 heteroatoms. The van der Waals surface area contributed by atoms with Gasteiger partial charge in [0.1, 0.15) is 0 Å². The average Bonchev–Trinajstić information content (AvgIpc) is 2.99. The lowest BCUT2D eigenvalue weighted by molar-refractivity contribution is -0.137. The van der Waals surface area contributed by atoms with Crippen molar-refractivity contribution in [2.75, 3.05) is 19.6 Å². The van der Waals surface area contributed by atoms with E-state index in [4.69, 9.17) is 0 Å². The molecule has 3 rings (SSSR count). The summed E-state index contributed by atoms with van der Waals surface area (Å²) < 4.78 is 64.7. The van der Waals surface area contributed by atoms with Gasteiger partial charge in [-0.05, 0) is 37.1 Å². The monoisotopic (exact) mass is 320 g/mol. The first-order valence-corrected chi connectivity index (χ1v) is 8.14. The first-order chi connectivity index (χ1) is 9.80. The number of nitrogens with one attached hydrogen (secondary N) is 1. The Hall–Kier alpha value is -1.12. The van der Waals surface area contributed by atoms with Crippen molar-refractivity contribution < 1.29 is 21.6 Å². The summed E-state index contributed by atoms with van der Waals surface area (Å²) in [5.41, 5.74) is -0.941. The summed E-state index contributed by atoms with van der Waals surface area (Å²) in [4.78, 5) is -0.287. The number of hydrogen-bond acceptors (Lipinski definition) is 3. The third-order valence-corrected chi connectivity index (χ3v) is 6.08. The quantitative estimate of drug-likeness (QED) is 0.902. The molecule has 116 valence electrons. The lowest BCUT2D eigenvalue weighted by Crippen LogP contribution is -2.39. The minimum absolute atomic E-state index is 0.149. The molecule has 0 aromatic heterocycles. The van der Waals surface area contributed by atoms with Gasteiger partial charge in [0.15, 0.2) is 0 Å². The van der Waals surface area contributed by atoms with Crippen LogP contribution >= 0.6 is 0 Å². The number of nitrogens with zero attached hydrogens (tertiary/aromatic N) is 1. The zero-order chi connectivity index (χ0) is 15.3. The topological polar surface area (TPSA) is 49.4 Å². The molecule has 4 nitrogen and oxygen atoms in total. The fourth-order valence-electron chi connectivity index (χ4n) is 3.08. The molecule has 2 heterocycles. The highest BCUT2D eigenvalue weighted by Crippen LogP contribution is 2.35. The van der Waals surface area contributed by atoms with Crippen molar-refractivity contribution in [1.29, 1.82) is 0 Å². The summed E-state index contributed by atoms with van der Waals surface area (Å²) in [5, 5.41) is 3.13. The molecule has 2 aliphatic heterocycles. The summed E-state index contributed by atoms with van der Waals surface area (Å²) in [6.45, 7) is 1.69. The Balaban J connectivity index is 1.95. The molecule has 0 unspecified atom stereocenters. The van der Waals surface area contributed by atoms with Crippen molar-refractivity contribution in [3.8, 4) is 0 Å². The van der Waals surface area contributed by atoms with E-state index >= 15 is 0 Å². The van der Waals surface area contributed by atoms with E-state index < -0.39 is 21.8 Å². The zero-order valence-corrected chi connectivity index (χ0v) is 11.9. The van der Waals surface area contributed by atoms with Crippen molar-refractivity contribution in [3.05, 3.63) is 29.8 Å². The molecule has 21 heavy (non-hydrogen) atoms. The predicted molar refractivity (Wildman–Crippen MR) is 70.1 cm³/mol. The average molecular weight is 320 g/mol. The van der Waals surface area contributed by atoms with Gasteiger partial charge >= 0.3 is 6.18 Å². The van der Waals surface area contributed by atoms with Crippen LogP contribution in [-0.4, -0.2) is 38.4 Å². The largest absolute Gasteiger partial charge is 0.416 e. The van der Waals surface area contributed by atoms with E-state index in [-0.39, 0.29) is 16.9 Å². The molecule has 2 fully saturated rings. The van der Waals surface area contributed by atoms with Gasteiger partial charge in [-0.1, -0.05) is 6.07 Å². The lowest BCUT2D eigenvalue weighted by Gasteiger charge is -2.23. The number of hydrogen-bond donors (Lipinski definition) is 1. The lowest BCUT2D eigenvalue weighted by atomic mass is 10.1. The first-order valence-electron chi connectivity index (χ1n) is 6.70. The number of rotatable bonds is 2. The van der Waals surface area contributed by atoms with Gasteiger partial charge < -0.3 is 5.32 Å². The van der Waals surface area contributed by atoms with E-state index in [0.29, 0.717) is 19.2 Å². The molecule has 2 atom stereocenters. The highest BCUT2D eigenvalue weighted by molar-refractivity contribution is 7.89. The highest BCUT2D eigenvalue weighted by atomic mass is 32.2. The van der Waals surface area contributed by atoms with Gasteiger partial charge in [-0.15, -0.1) is 0 Å². The zero-order valence-electron chi connectivity index (χ0n) is 11.1. The Morgan fingerprint density at radius 3 is 2.71 bits per heavy atom. The van der Waals surface area contributed by atoms with Crippen LogP contribution in [0.4, 0.5) is 13.2 Å².